The van der Waals surface area contributed by atoms with Gasteiger partial charge in [-0.3, -0.25) is 0 Å². The Morgan fingerprint density at radius 3 is 2.65 bits per heavy atom. The third-order valence-electron chi connectivity index (χ3n) is 6.84. The average molecular weight is 502 g/mol. The van der Waals surface area contributed by atoms with Crippen molar-refractivity contribution >= 4 is 34.9 Å². The molecule has 2 saturated heterocycles. The topological polar surface area (TPSA) is 64.0 Å². The number of ether oxygens (including phenoxy) is 1. The van der Waals surface area contributed by atoms with E-state index in [1.165, 1.54) is 12.8 Å². The van der Waals surface area contributed by atoms with E-state index >= 15 is 0 Å². The fraction of sp³-hybridized carbons (Fsp3) is 0.538. The predicted octanol–water partition coefficient (Wildman–Crippen LogP) is 4.22. The van der Waals surface area contributed by atoms with Crippen LogP contribution in [0.5, 0.6) is 5.75 Å². The molecule has 2 unspecified atom stereocenters. The van der Waals surface area contributed by atoms with Crippen LogP contribution in [0.3, 0.4) is 0 Å². The van der Waals surface area contributed by atoms with E-state index < -0.39 is 0 Å². The van der Waals surface area contributed by atoms with Crippen molar-refractivity contribution in [3.63, 3.8) is 0 Å². The van der Waals surface area contributed by atoms with E-state index in [0.29, 0.717) is 29.1 Å². The minimum absolute atomic E-state index is 0.000411. The molecule has 1 saturated carbocycles. The van der Waals surface area contributed by atoms with Crippen molar-refractivity contribution in [3.8, 4) is 5.75 Å². The summed E-state index contributed by atoms with van der Waals surface area (Å²) in [7, 11) is 0. The summed E-state index contributed by atoms with van der Waals surface area (Å²) < 4.78 is 5.87. The van der Waals surface area contributed by atoms with Crippen LogP contribution in [0.1, 0.15) is 37.7 Å². The summed E-state index contributed by atoms with van der Waals surface area (Å²) in [5.74, 6) is 1.51. The Labute approximate surface area is 211 Å². The van der Waals surface area contributed by atoms with E-state index in [2.05, 4.69) is 20.9 Å². The van der Waals surface area contributed by atoms with E-state index in [-0.39, 0.29) is 17.9 Å². The molecule has 2 aliphatic heterocycles. The Morgan fingerprint density at radius 2 is 1.94 bits per heavy atom. The first-order valence-electron chi connectivity index (χ1n) is 12.3. The predicted molar refractivity (Wildman–Crippen MR) is 135 cm³/mol. The molecule has 0 bridgehead atoms. The molecule has 1 aromatic heterocycles. The van der Waals surface area contributed by atoms with Crippen LogP contribution >= 0.6 is 23.2 Å². The lowest BCUT2D eigenvalue weighted by Crippen LogP contribution is -2.36. The van der Waals surface area contributed by atoms with Crippen molar-refractivity contribution in [1.29, 1.82) is 0 Å². The van der Waals surface area contributed by atoms with Gasteiger partial charge >= 0.3 is 0 Å². The van der Waals surface area contributed by atoms with E-state index in [0.717, 1.165) is 62.6 Å². The van der Waals surface area contributed by atoms with Gasteiger partial charge in [0.05, 0.1) is 22.2 Å². The van der Waals surface area contributed by atoms with Gasteiger partial charge in [0.25, 0.3) is 0 Å². The molecular weight excluding hydrogens is 471 g/mol. The van der Waals surface area contributed by atoms with Crippen LogP contribution in [0.2, 0.25) is 10.0 Å². The monoisotopic (exact) mass is 501 g/mol. The van der Waals surface area contributed by atoms with Crippen LogP contribution in [0.4, 0.5) is 5.82 Å². The van der Waals surface area contributed by atoms with Gasteiger partial charge in [-0.25, -0.2) is 4.98 Å². The van der Waals surface area contributed by atoms with E-state index in [1.54, 1.807) is 6.20 Å². The summed E-state index contributed by atoms with van der Waals surface area (Å²) in [6, 6.07) is 9.65. The number of hydrogen-bond acceptors (Lipinski definition) is 6. The van der Waals surface area contributed by atoms with Gasteiger partial charge in [-0.1, -0.05) is 29.3 Å². The Morgan fingerprint density at radius 1 is 1.12 bits per heavy atom. The second kappa shape index (κ2) is 10.7. The van der Waals surface area contributed by atoms with Crippen molar-refractivity contribution in [3.05, 3.63) is 52.1 Å². The number of halogens is 2. The molecule has 34 heavy (non-hydrogen) atoms. The van der Waals surface area contributed by atoms with Crippen molar-refractivity contribution < 1.29 is 9.84 Å². The number of hydrogen-bond donors (Lipinski definition) is 0. The fourth-order valence-corrected chi connectivity index (χ4v) is 5.19. The van der Waals surface area contributed by atoms with E-state index in [1.807, 2.05) is 24.3 Å². The van der Waals surface area contributed by atoms with E-state index in [9.17, 15) is 5.11 Å². The largest absolute Gasteiger partial charge is 0.862 e. The van der Waals surface area contributed by atoms with Crippen molar-refractivity contribution in [2.45, 2.75) is 50.7 Å². The first-order chi connectivity index (χ1) is 16.5. The number of likely N-dealkylation sites (tertiary alicyclic amines) is 1. The zero-order valence-corrected chi connectivity index (χ0v) is 20.8. The Balaban J connectivity index is 1.27. The lowest BCUT2D eigenvalue weighted by atomic mass is 10.0. The highest BCUT2D eigenvalue weighted by molar-refractivity contribution is 6.32. The summed E-state index contributed by atoms with van der Waals surface area (Å²) in [6.07, 6.45) is 8.08. The molecule has 5 rings (SSSR count). The zero-order chi connectivity index (χ0) is 23.5. The van der Waals surface area contributed by atoms with Crippen molar-refractivity contribution in [1.82, 2.24) is 9.88 Å². The quantitative estimate of drug-likeness (QED) is 0.380. The molecule has 1 aromatic carbocycles. The van der Waals surface area contributed by atoms with Crippen LogP contribution in [0.15, 0.2) is 41.5 Å². The van der Waals surface area contributed by atoms with Gasteiger partial charge in [0.1, 0.15) is 11.6 Å². The second-order valence-corrected chi connectivity index (χ2v) is 10.5. The summed E-state index contributed by atoms with van der Waals surface area (Å²) in [5.41, 5.74) is 1.09. The van der Waals surface area contributed by atoms with Gasteiger partial charge in [0.15, 0.2) is 0 Å². The Bertz CT molecular complexity index is 1010. The number of aromatic nitrogens is 1. The molecule has 0 spiro atoms. The minimum Gasteiger partial charge on any atom is -0.862 e. The molecule has 3 fully saturated rings. The number of benzene rings is 1. The zero-order valence-electron chi connectivity index (χ0n) is 19.3. The molecule has 1 aliphatic carbocycles. The second-order valence-electron chi connectivity index (χ2n) is 9.68. The van der Waals surface area contributed by atoms with Crippen molar-refractivity contribution in [2.24, 2.45) is 10.9 Å². The Hall–Kier alpha value is -2.02. The van der Waals surface area contributed by atoms with Gasteiger partial charge in [-0.05, 0) is 87.3 Å². The van der Waals surface area contributed by atoms with Crippen LogP contribution in [-0.4, -0.2) is 60.7 Å². The lowest BCUT2D eigenvalue weighted by Gasteiger charge is -2.26. The van der Waals surface area contributed by atoms with Crippen LogP contribution in [0.25, 0.3) is 0 Å². The molecule has 3 aliphatic rings. The maximum atomic E-state index is 13.2. The van der Waals surface area contributed by atoms with Crippen LogP contribution in [-0.2, 0) is 6.42 Å². The average Bonchev–Trinajstić information content (AvgIpc) is 3.26. The molecule has 182 valence electrons. The maximum Gasteiger partial charge on any atom is 0.138 e. The van der Waals surface area contributed by atoms with E-state index in [4.69, 9.17) is 32.9 Å². The van der Waals surface area contributed by atoms with Gasteiger partial charge < -0.3 is 24.6 Å². The minimum atomic E-state index is -0.100. The van der Waals surface area contributed by atoms with Crippen molar-refractivity contribution in [2.75, 3.05) is 37.6 Å². The lowest BCUT2D eigenvalue weighted by molar-refractivity contribution is -0.223. The smallest absolute Gasteiger partial charge is 0.138 e. The normalized spacial score (nSPS) is 22.4. The van der Waals surface area contributed by atoms with Gasteiger partial charge in [-0.15, -0.1) is 0 Å². The standard InChI is InChI=1S/C26H32Cl2N4O2/c27-20-4-8-25(29-15-20)32-12-9-19(16-32)26(33)30-21(17-31-10-1-2-11-31)13-18-3-7-24(23(28)14-18)34-22-5-6-22/h3-4,7-8,14-15,19,21-22H,1-2,5-6,9-13,16-17H2,(H,30,33)/p-1. The highest BCUT2D eigenvalue weighted by Crippen LogP contribution is 2.33. The third kappa shape index (κ3) is 6.15. The van der Waals surface area contributed by atoms with Crippen LogP contribution < -0.4 is 14.7 Å². The van der Waals surface area contributed by atoms with Gasteiger partial charge in [0.2, 0.25) is 0 Å². The Kier molecular flexibility index (Phi) is 7.47. The first-order valence-corrected chi connectivity index (χ1v) is 13.1. The molecule has 2 atom stereocenters. The summed E-state index contributed by atoms with van der Waals surface area (Å²) in [4.78, 5) is 13.7. The summed E-state index contributed by atoms with van der Waals surface area (Å²) in [6.45, 7) is 4.41. The number of pyridine rings is 1. The highest BCUT2D eigenvalue weighted by atomic mass is 35.5. The molecule has 0 radical (unpaired) electrons. The van der Waals surface area contributed by atoms with Gasteiger partial charge in [0, 0.05) is 31.7 Å². The maximum absolute atomic E-state index is 13.2. The molecule has 8 heteroatoms. The molecule has 3 heterocycles. The number of anilines is 1. The SMILES string of the molecule is [O-]C(=NC(Cc1ccc(OC2CC2)c(Cl)c1)CN1CCCC1)C1CCN(c2ccc(Cl)cn2)C1. The summed E-state index contributed by atoms with van der Waals surface area (Å²) >= 11 is 12.5. The number of nitrogens with zero attached hydrogens (tertiary/aromatic N) is 4. The highest BCUT2D eigenvalue weighted by Gasteiger charge is 2.26. The first kappa shape index (κ1) is 23.7. The number of aliphatic imine (C=N–C) groups is 1. The molecule has 0 amide bonds. The van der Waals surface area contributed by atoms with Gasteiger partial charge in [-0.2, -0.15) is 0 Å². The third-order valence-corrected chi connectivity index (χ3v) is 7.36. The molecule has 0 N–H and O–H groups in total. The fourth-order valence-electron chi connectivity index (χ4n) is 4.83. The molecule has 2 aromatic rings. The molecule has 6 nitrogen and oxygen atoms in total. The molecular formula is C26H31Cl2N4O2-. The number of rotatable bonds is 9. The van der Waals surface area contributed by atoms with Crippen LogP contribution in [0, 0.1) is 5.92 Å². The summed E-state index contributed by atoms with van der Waals surface area (Å²) in [5, 5.41) is 14.5.